The van der Waals surface area contributed by atoms with Crippen molar-refractivity contribution >= 4 is 28.9 Å². The first-order chi connectivity index (χ1) is 13.4. The molecule has 28 heavy (non-hydrogen) atoms. The van der Waals surface area contributed by atoms with Gasteiger partial charge in [-0.25, -0.2) is 0 Å². The Balaban J connectivity index is 1.48. The molecule has 0 amide bonds. The van der Waals surface area contributed by atoms with E-state index in [1.54, 1.807) is 11.3 Å². The Labute approximate surface area is 167 Å². The van der Waals surface area contributed by atoms with Crippen LogP contribution < -0.4 is 0 Å². The number of ketones is 1. The van der Waals surface area contributed by atoms with E-state index in [1.807, 2.05) is 17.5 Å². The van der Waals surface area contributed by atoms with Crippen molar-refractivity contribution in [3.63, 3.8) is 0 Å². The smallest absolute Gasteiger partial charge is 0.303 e. The second kappa shape index (κ2) is 7.71. The number of alkyl halides is 3. The van der Waals surface area contributed by atoms with Gasteiger partial charge in [0.1, 0.15) is 5.82 Å². The van der Waals surface area contributed by atoms with Crippen molar-refractivity contribution in [2.75, 3.05) is 5.75 Å². The fourth-order valence-electron chi connectivity index (χ4n) is 2.88. The van der Waals surface area contributed by atoms with Crippen LogP contribution in [0.4, 0.5) is 13.2 Å². The van der Waals surface area contributed by atoms with E-state index >= 15 is 0 Å². The van der Waals surface area contributed by atoms with Gasteiger partial charge < -0.3 is 4.57 Å². The normalized spacial score (nSPS) is 14.4. The molecule has 1 saturated carbocycles. The second-order valence-corrected chi connectivity index (χ2v) is 8.52. The van der Waals surface area contributed by atoms with Gasteiger partial charge in [0, 0.05) is 22.9 Å². The number of halogens is 3. The molecular weight excluding hydrogens is 407 g/mol. The molecule has 3 aromatic rings. The van der Waals surface area contributed by atoms with Gasteiger partial charge in [-0.15, -0.1) is 21.5 Å². The summed E-state index contributed by atoms with van der Waals surface area (Å²) in [6.07, 6.45) is -1.69. The Morgan fingerprint density at radius 1 is 1.21 bits per heavy atom. The molecule has 0 aliphatic heterocycles. The lowest BCUT2D eigenvalue weighted by Crippen LogP contribution is -2.09. The molecule has 4 rings (SSSR count). The average Bonchev–Trinajstić information content (AvgIpc) is 3.22. The predicted molar refractivity (Wildman–Crippen MR) is 102 cm³/mol. The standard InChI is InChI=1S/C19H16F3N3OS2/c20-19(21,22)13-4-1-3-12(9-13)16(26)11-28-18-24-23-17(25(18)14-6-7-14)10-15-5-2-8-27-15/h1-5,8-9,14H,6-7,10-11H2. The van der Waals surface area contributed by atoms with E-state index in [2.05, 4.69) is 14.8 Å². The number of carbonyl (C=O) groups is 1. The summed E-state index contributed by atoms with van der Waals surface area (Å²) in [6, 6.07) is 8.90. The molecule has 1 aliphatic carbocycles. The molecule has 4 nitrogen and oxygen atoms in total. The van der Waals surface area contributed by atoms with Gasteiger partial charge in [-0.05, 0) is 36.4 Å². The Kier molecular flexibility index (Phi) is 5.29. The molecule has 0 radical (unpaired) electrons. The molecule has 0 atom stereocenters. The summed E-state index contributed by atoms with van der Waals surface area (Å²) >= 11 is 2.88. The lowest BCUT2D eigenvalue weighted by molar-refractivity contribution is -0.137. The summed E-state index contributed by atoms with van der Waals surface area (Å²) in [5, 5.41) is 11.2. The van der Waals surface area contributed by atoms with Crippen LogP contribution >= 0.6 is 23.1 Å². The molecule has 1 fully saturated rings. The SMILES string of the molecule is O=C(CSc1nnc(Cc2cccs2)n1C1CC1)c1cccc(C(F)(F)F)c1. The summed E-state index contributed by atoms with van der Waals surface area (Å²) < 4.78 is 40.6. The molecule has 0 N–H and O–H groups in total. The van der Waals surface area contributed by atoms with Crippen molar-refractivity contribution in [2.24, 2.45) is 0 Å². The first-order valence-corrected chi connectivity index (χ1v) is 10.6. The fraction of sp³-hybridized carbons (Fsp3) is 0.316. The van der Waals surface area contributed by atoms with Gasteiger partial charge >= 0.3 is 6.18 Å². The highest BCUT2D eigenvalue weighted by molar-refractivity contribution is 7.99. The Morgan fingerprint density at radius 2 is 2.04 bits per heavy atom. The van der Waals surface area contributed by atoms with Gasteiger partial charge in [0.25, 0.3) is 0 Å². The lowest BCUT2D eigenvalue weighted by atomic mass is 10.1. The molecule has 9 heteroatoms. The highest BCUT2D eigenvalue weighted by Gasteiger charge is 2.32. The monoisotopic (exact) mass is 423 g/mol. The maximum absolute atomic E-state index is 12.9. The van der Waals surface area contributed by atoms with Gasteiger partial charge in [-0.1, -0.05) is 30.0 Å². The number of thiophene rings is 1. The molecule has 146 valence electrons. The molecular formula is C19H16F3N3OS2. The molecule has 1 aromatic carbocycles. The van der Waals surface area contributed by atoms with Crippen LogP contribution in [0, 0.1) is 0 Å². The van der Waals surface area contributed by atoms with Crippen LogP contribution in [-0.2, 0) is 12.6 Å². The maximum atomic E-state index is 12.9. The fourth-order valence-corrected chi connectivity index (χ4v) is 4.50. The van der Waals surface area contributed by atoms with Gasteiger partial charge in [-0.3, -0.25) is 4.79 Å². The van der Waals surface area contributed by atoms with Crippen LogP contribution in [-0.4, -0.2) is 26.3 Å². The number of aromatic nitrogens is 3. The summed E-state index contributed by atoms with van der Waals surface area (Å²) in [5.74, 6) is 0.519. The number of Topliss-reactive ketones (excluding diaryl/α,β-unsaturated/α-hetero) is 1. The highest BCUT2D eigenvalue weighted by Crippen LogP contribution is 2.39. The van der Waals surface area contributed by atoms with Crippen LogP contribution in [0.1, 0.15) is 45.5 Å². The van der Waals surface area contributed by atoms with Crippen molar-refractivity contribution < 1.29 is 18.0 Å². The lowest BCUT2D eigenvalue weighted by Gasteiger charge is -2.09. The van der Waals surface area contributed by atoms with Gasteiger partial charge in [0.05, 0.1) is 11.3 Å². The predicted octanol–water partition coefficient (Wildman–Crippen LogP) is 5.26. The molecule has 0 bridgehead atoms. The molecule has 0 saturated heterocycles. The van der Waals surface area contributed by atoms with Crippen molar-refractivity contribution in [1.82, 2.24) is 14.8 Å². The van der Waals surface area contributed by atoms with Crippen molar-refractivity contribution in [1.29, 1.82) is 0 Å². The third-order valence-electron chi connectivity index (χ3n) is 4.40. The zero-order chi connectivity index (χ0) is 19.7. The molecule has 2 heterocycles. The number of thioether (sulfide) groups is 1. The van der Waals surface area contributed by atoms with E-state index in [-0.39, 0.29) is 17.1 Å². The number of hydrogen-bond donors (Lipinski definition) is 0. The van der Waals surface area contributed by atoms with Gasteiger partial charge in [-0.2, -0.15) is 13.2 Å². The van der Waals surface area contributed by atoms with Crippen molar-refractivity contribution in [3.8, 4) is 0 Å². The molecule has 0 spiro atoms. The first-order valence-electron chi connectivity index (χ1n) is 8.71. The van der Waals surface area contributed by atoms with Crippen LogP contribution in [0.5, 0.6) is 0 Å². The maximum Gasteiger partial charge on any atom is 0.416 e. The number of carbonyl (C=O) groups excluding carboxylic acids is 1. The minimum atomic E-state index is -4.47. The highest BCUT2D eigenvalue weighted by atomic mass is 32.2. The second-order valence-electron chi connectivity index (χ2n) is 6.55. The van der Waals surface area contributed by atoms with Crippen LogP contribution in [0.2, 0.25) is 0 Å². The molecule has 1 aliphatic rings. The summed E-state index contributed by atoms with van der Waals surface area (Å²) in [7, 11) is 0. The zero-order valence-corrected chi connectivity index (χ0v) is 16.3. The minimum absolute atomic E-state index is 0.0190. The van der Waals surface area contributed by atoms with Crippen molar-refractivity contribution in [2.45, 2.75) is 36.6 Å². The number of hydrogen-bond acceptors (Lipinski definition) is 5. The number of rotatable bonds is 7. The van der Waals surface area contributed by atoms with E-state index in [0.29, 0.717) is 17.6 Å². The number of benzene rings is 1. The zero-order valence-electron chi connectivity index (χ0n) is 14.6. The molecule has 2 aromatic heterocycles. The minimum Gasteiger partial charge on any atom is -0.303 e. The third kappa shape index (κ3) is 4.30. The van der Waals surface area contributed by atoms with Crippen LogP contribution in [0.3, 0.4) is 0 Å². The van der Waals surface area contributed by atoms with Gasteiger partial charge in [0.15, 0.2) is 10.9 Å². The topological polar surface area (TPSA) is 47.8 Å². The number of nitrogens with zero attached hydrogens (tertiary/aromatic N) is 3. The average molecular weight is 423 g/mol. The summed E-state index contributed by atoms with van der Waals surface area (Å²) in [5.41, 5.74) is -0.763. The Bertz CT molecular complexity index is 979. The van der Waals surface area contributed by atoms with Crippen molar-refractivity contribution in [3.05, 3.63) is 63.6 Å². The largest absolute Gasteiger partial charge is 0.416 e. The van der Waals surface area contributed by atoms with E-state index in [1.165, 1.54) is 28.8 Å². The van der Waals surface area contributed by atoms with E-state index in [9.17, 15) is 18.0 Å². The van der Waals surface area contributed by atoms with Gasteiger partial charge in [0.2, 0.25) is 0 Å². The Morgan fingerprint density at radius 3 is 2.71 bits per heavy atom. The van der Waals surface area contributed by atoms with E-state index in [0.717, 1.165) is 30.8 Å². The third-order valence-corrected chi connectivity index (χ3v) is 6.22. The first kappa shape index (κ1) is 19.2. The summed E-state index contributed by atoms with van der Waals surface area (Å²) in [4.78, 5) is 13.6. The molecule has 0 unspecified atom stereocenters. The quantitative estimate of drug-likeness (QED) is 0.384. The van der Waals surface area contributed by atoms with Crippen LogP contribution in [0.25, 0.3) is 0 Å². The Hall–Kier alpha value is -2.13. The van der Waals surface area contributed by atoms with Crippen LogP contribution in [0.15, 0.2) is 46.9 Å². The van der Waals surface area contributed by atoms with E-state index in [4.69, 9.17) is 0 Å². The van der Waals surface area contributed by atoms with E-state index < -0.39 is 11.7 Å². The summed E-state index contributed by atoms with van der Waals surface area (Å²) in [6.45, 7) is 0.